The molecule has 1 aromatic rings. The third-order valence-corrected chi connectivity index (χ3v) is 3.01. The average molecular weight is 268 g/mol. The van der Waals surface area contributed by atoms with Crippen molar-refractivity contribution in [2.24, 2.45) is 0 Å². The summed E-state index contributed by atoms with van der Waals surface area (Å²) in [5.41, 5.74) is 6.63. The smallest absolute Gasteiger partial charge is 0.254 e. The number of nitrogen functional groups attached to an aromatic ring is 1. The van der Waals surface area contributed by atoms with Crippen molar-refractivity contribution >= 4 is 11.6 Å². The summed E-state index contributed by atoms with van der Waals surface area (Å²) in [4.78, 5) is 13.8. The van der Waals surface area contributed by atoms with Gasteiger partial charge in [-0.2, -0.15) is 0 Å². The van der Waals surface area contributed by atoms with Gasteiger partial charge in [0.25, 0.3) is 5.91 Å². The average Bonchev–Trinajstić information content (AvgIpc) is 2.40. The van der Waals surface area contributed by atoms with Crippen LogP contribution in [0.15, 0.2) is 12.1 Å². The molecule has 0 saturated heterocycles. The third kappa shape index (κ3) is 3.92. The van der Waals surface area contributed by atoms with Crippen LogP contribution in [0.25, 0.3) is 0 Å². The van der Waals surface area contributed by atoms with Crippen LogP contribution >= 0.6 is 0 Å². The van der Waals surface area contributed by atoms with Crippen molar-refractivity contribution in [3.63, 3.8) is 0 Å². The molecule has 0 atom stereocenters. The van der Waals surface area contributed by atoms with E-state index in [1.165, 1.54) is 12.1 Å². The second-order valence-electron chi connectivity index (χ2n) is 4.25. The van der Waals surface area contributed by atoms with E-state index >= 15 is 0 Å². The quantitative estimate of drug-likeness (QED) is 0.635. The van der Waals surface area contributed by atoms with Gasteiger partial charge < -0.3 is 15.4 Å². The predicted octanol–water partition coefficient (Wildman–Crippen LogP) is 2.21. The highest BCUT2D eigenvalue weighted by atomic mass is 19.1. The Morgan fingerprint density at radius 1 is 1.42 bits per heavy atom. The maximum Gasteiger partial charge on any atom is 0.254 e. The summed E-state index contributed by atoms with van der Waals surface area (Å²) in [5, 5.41) is 0. The molecule has 0 unspecified atom stereocenters. The van der Waals surface area contributed by atoms with Crippen molar-refractivity contribution in [1.82, 2.24) is 4.90 Å². The van der Waals surface area contributed by atoms with E-state index in [4.69, 9.17) is 10.5 Å². The zero-order valence-corrected chi connectivity index (χ0v) is 11.7. The van der Waals surface area contributed by atoms with E-state index in [2.05, 4.69) is 0 Å². The van der Waals surface area contributed by atoms with E-state index in [-0.39, 0.29) is 11.5 Å². The number of halogens is 1. The SMILES string of the molecule is CCOCCN(CC)C(=O)c1cc(N)c(C)c(F)c1. The molecular weight excluding hydrogens is 247 g/mol. The molecule has 1 aromatic carbocycles. The van der Waals surface area contributed by atoms with E-state index in [1.54, 1.807) is 11.8 Å². The summed E-state index contributed by atoms with van der Waals surface area (Å²) in [5.74, 6) is -0.683. The molecule has 5 heteroatoms. The van der Waals surface area contributed by atoms with Crippen molar-refractivity contribution < 1.29 is 13.9 Å². The first-order chi connectivity index (χ1) is 9.01. The molecule has 0 aliphatic heterocycles. The van der Waals surface area contributed by atoms with Crippen molar-refractivity contribution in [2.45, 2.75) is 20.8 Å². The zero-order valence-electron chi connectivity index (χ0n) is 11.7. The molecule has 1 amide bonds. The highest BCUT2D eigenvalue weighted by molar-refractivity contribution is 5.95. The lowest BCUT2D eigenvalue weighted by Crippen LogP contribution is -2.34. The Morgan fingerprint density at radius 2 is 2.11 bits per heavy atom. The molecule has 0 radical (unpaired) electrons. The Morgan fingerprint density at radius 3 is 2.63 bits per heavy atom. The molecule has 0 aliphatic rings. The lowest BCUT2D eigenvalue weighted by Gasteiger charge is -2.21. The van der Waals surface area contributed by atoms with Crippen LogP contribution in [0.2, 0.25) is 0 Å². The Hall–Kier alpha value is -1.62. The van der Waals surface area contributed by atoms with Crippen molar-refractivity contribution in [3.8, 4) is 0 Å². The minimum Gasteiger partial charge on any atom is -0.398 e. The van der Waals surface area contributed by atoms with Gasteiger partial charge in [0.05, 0.1) is 6.61 Å². The largest absolute Gasteiger partial charge is 0.398 e. The molecule has 0 fully saturated rings. The number of hydrogen-bond acceptors (Lipinski definition) is 3. The highest BCUT2D eigenvalue weighted by Crippen LogP contribution is 2.18. The van der Waals surface area contributed by atoms with Crippen LogP contribution in [-0.2, 0) is 4.74 Å². The molecule has 0 aromatic heterocycles. The van der Waals surface area contributed by atoms with E-state index in [0.29, 0.717) is 37.6 Å². The second kappa shape index (κ2) is 7.09. The normalized spacial score (nSPS) is 10.5. The summed E-state index contributed by atoms with van der Waals surface area (Å²) < 4.78 is 18.8. The van der Waals surface area contributed by atoms with Gasteiger partial charge in [0, 0.05) is 36.5 Å². The summed E-state index contributed by atoms with van der Waals surface area (Å²) >= 11 is 0. The summed E-state index contributed by atoms with van der Waals surface area (Å²) in [6.45, 7) is 7.47. The van der Waals surface area contributed by atoms with Crippen LogP contribution in [0.3, 0.4) is 0 Å². The van der Waals surface area contributed by atoms with Gasteiger partial charge >= 0.3 is 0 Å². The molecular formula is C14H21FN2O2. The lowest BCUT2D eigenvalue weighted by molar-refractivity contribution is 0.0669. The Balaban J connectivity index is 2.85. The molecule has 106 valence electrons. The number of likely N-dealkylation sites (N-methyl/N-ethyl adjacent to an activating group) is 1. The highest BCUT2D eigenvalue weighted by Gasteiger charge is 2.16. The third-order valence-electron chi connectivity index (χ3n) is 3.01. The van der Waals surface area contributed by atoms with Crippen LogP contribution < -0.4 is 5.73 Å². The van der Waals surface area contributed by atoms with Gasteiger partial charge in [-0.15, -0.1) is 0 Å². The number of carbonyl (C=O) groups is 1. The number of carbonyl (C=O) groups excluding carboxylic acids is 1. The van der Waals surface area contributed by atoms with Gasteiger partial charge in [-0.05, 0) is 32.9 Å². The summed E-state index contributed by atoms with van der Waals surface area (Å²) in [6.07, 6.45) is 0. The van der Waals surface area contributed by atoms with Gasteiger partial charge in [-0.1, -0.05) is 0 Å². The van der Waals surface area contributed by atoms with Gasteiger partial charge in [-0.3, -0.25) is 4.79 Å². The van der Waals surface area contributed by atoms with Crippen LogP contribution in [-0.4, -0.2) is 37.1 Å². The van der Waals surface area contributed by atoms with Crippen molar-refractivity contribution in [2.75, 3.05) is 32.0 Å². The predicted molar refractivity (Wildman–Crippen MR) is 73.6 cm³/mol. The summed E-state index contributed by atoms with van der Waals surface area (Å²) in [6, 6.07) is 2.75. The van der Waals surface area contributed by atoms with E-state index in [1.807, 2.05) is 13.8 Å². The fraction of sp³-hybridized carbons (Fsp3) is 0.500. The van der Waals surface area contributed by atoms with Crippen LogP contribution in [0, 0.1) is 12.7 Å². The number of anilines is 1. The fourth-order valence-electron chi connectivity index (χ4n) is 1.73. The Kier molecular flexibility index (Phi) is 5.76. The fourth-order valence-corrected chi connectivity index (χ4v) is 1.73. The molecule has 1 rings (SSSR count). The maximum absolute atomic E-state index is 13.6. The monoisotopic (exact) mass is 268 g/mol. The second-order valence-corrected chi connectivity index (χ2v) is 4.25. The van der Waals surface area contributed by atoms with Crippen LogP contribution in [0.5, 0.6) is 0 Å². The number of rotatable bonds is 6. The molecule has 0 spiro atoms. The van der Waals surface area contributed by atoms with Gasteiger partial charge in [0.2, 0.25) is 0 Å². The van der Waals surface area contributed by atoms with Crippen LogP contribution in [0.1, 0.15) is 29.8 Å². The first-order valence-corrected chi connectivity index (χ1v) is 6.43. The first-order valence-electron chi connectivity index (χ1n) is 6.43. The van der Waals surface area contributed by atoms with Gasteiger partial charge in [0.1, 0.15) is 5.82 Å². The zero-order chi connectivity index (χ0) is 14.4. The number of benzene rings is 1. The van der Waals surface area contributed by atoms with E-state index < -0.39 is 5.82 Å². The number of amides is 1. The van der Waals surface area contributed by atoms with Crippen molar-refractivity contribution in [3.05, 3.63) is 29.1 Å². The minimum atomic E-state index is -0.454. The molecule has 4 nitrogen and oxygen atoms in total. The molecule has 2 N–H and O–H groups in total. The first kappa shape index (κ1) is 15.4. The van der Waals surface area contributed by atoms with E-state index in [9.17, 15) is 9.18 Å². The molecule has 0 heterocycles. The van der Waals surface area contributed by atoms with Gasteiger partial charge in [0.15, 0.2) is 0 Å². The Bertz CT molecular complexity index is 426. The molecule has 0 saturated carbocycles. The minimum absolute atomic E-state index is 0.229. The number of hydrogen-bond donors (Lipinski definition) is 1. The molecule has 0 bridgehead atoms. The number of nitrogens with zero attached hydrogens (tertiary/aromatic N) is 1. The van der Waals surface area contributed by atoms with Gasteiger partial charge in [-0.25, -0.2) is 4.39 Å². The Labute approximate surface area is 113 Å². The topological polar surface area (TPSA) is 55.6 Å². The van der Waals surface area contributed by atoms with Crippen LogP contribution in [0.4, 0.5) is 10.1 Å². The summed E-state index contributed by atoms with van der Waals surface area (Å²) in [7, 11) is 0. The van der Waals surface area contributed by atoms with Crippen molar-refractivity contribution in [1.29, 1.82) is 0 Å². The number of ether oxygens (including phenoxy) is 1. The standard InChI is InChI=1S/C14H21FN2O2/c1-4-17(6-7-19-5-2)14(18)11-8-12(15)10(3)13(16)9-11/h8-9H,4-7,16H2,1-3H3. The number of nitrogens with two attached hydrogens (primary N) is 1. The maximum atomic E-state index is 13.6. The van der Waals surface area contributed by atoms with E-state index in [0.717, 1.165) is 0 Å². The molecule has 0 aliphatic carbocycles. The lowest BCUT2D eigenvalue weighted by atomic mass is 10.1. The molecule has 19 heavy (non-hydrogen) atoms.